The van der Waals surface area contributed by atoms with E-state index < -0.39 is 11.9 Å². The normalized spacial score (nSPS) is 12.7. The minimum Gasteiger partial charge on any atom is -0.322 e. The first-order valence-corrected chi connectivity index (χ1v) is 6.69. The highest BCUT2D eigenvalue weighted by Gasteiger charge is 2.18. The molecule has 19 heavy (non-hydrogen) atoms. The Kier molecular flexibility index (Phi) is 4.45. The fourth-order valence-electron chi connectivity index (χ4n) is 2.03. The highest BCUT2D eigenvalue weighted by Crippen LogP contribution is 2.26. The van der Waals surface area contributed by atoms with Crippen molar-refractivity contribution in [3.63, 3.8) is 0 Å². The van der Waals surface area contributed by atoms with Crippen molar-refractivity contribution in [2.45, 2.75) is 25.9 Å². The van der Waals surface area contributed by atoms with Crippen LogP contribution in [0, 0.1) is 5.82 Å². The van der Waals surface area contributed by atoms with Gasteiger partial charge in [0.05, 0.1) is 28.0 Å². The van der Waals surface area contributed by atoms with Crippen molar-refractivity contribution in [3.8, 4) is 0 Å². The molecule has 2 rings (SSSR count). The molecule has 2 aromatic rings. The number of aryl methyl sites for hydroxylation is 1. The summed E-state index contributed by atoms with van der Waals surface area (Å²) >= 11 is 11.8. The highest BCUT2D eigenvalue weighted by molar-refractivity contribution is 6.31. The van der Waals surface area contributed by atoms with Crippen LogP contribution in [-0.2, 0) is 13.0 Å². The monoisotopic (exact) mass is 301 g/mol. The lowest BCUT2D eigenvalue weighted by Crippen LogP contribution is -2.19. The molecule has 3 nitrogen and oxygen atoms in total. The van der Waals surface area contributed by atoms with Crippen LogP contribution in [0.15, 0.2) is 24.4 Å². The number of rotatable bonds is 4. The molecular weight excluding hydrogens is 288 g/mol. The van der Waals surface area contributed by atoms with E-state index in [4.69, 9.17) is 28.9 Å². The van der Waals surface area contributed by atoms with Gasteiger partial charge in [-0.15, -0.1) is 0 Å². The Morgan fingerprint density at radius 3 is 2.79 bits per heavy atom. The van der Waals surface area contributed by atoms with Crippen molar-refractivity contribution < 1.29 is 4.39 Å². The second kappa shape index (κ2) is 5.90. The molecule has 0 amide bonds. The van der Waals surface area contributed by atoms with Gasteiger partial charge in [-0.2, -0.15) is 5.10 Å². The molecule has 0 saturated carbocycles. The standard InChI is InChI=1S/C13H14Cl2FN3/c1-2-19-13(10(15)7-18-19)11(17)6-8-4-3-5-9(14)12(8)16/h3-5,7,11H,2,6,17H2,1H3. The number of nitrogens with two attached hydrogens (primary N) is 1. The molecule has 1 heterocycles. The van der Waals surface area contributed by atoms with Crippen LogP contribution in [-0.4, -0.2) is 9.78 Å². The zero-order valence-electron chi connectivity index (χ0n) is 10.4. The summed E-state index contributed by atoms with van der Waals surface area (Å²) < 4.78 is 15.6. The van der Waals surface area contributed by atoms with E-state index in [0.717, 1.165) is 0 Å². The Hall–Kier alpha value is -1.10. The highest BCUT2D eigenvalue weighted by atomic mass is 35.5. The molecule has 1 unspecified atom stereocenters. The molecule has 0 aliphatic carbocycles. The molecule has 1 aromatic heterocycles. The van der Waals surface area contributed by atoms with E-state index in [2.05, 4.69) is 5.10 Å². The van der Waals surface area contributed by atoms with Gasteiger partial charge in [-0.1, -0.05) is 35.3 Å². The lowest BCUT2D eigenvalue weighted by atomic mass is 10.0. The summed E-state index contributed by atoms with van der Waals surface area (Å²) in [6.07, 6.45) is 1.87. The first kappa shape index (κ1) is 14.3. The number of benzene rings is 1. The SMILES string of the molecule is CCn1ncc(Cl)c1C(N)Cc1cccc(Cl)c1F. The predicted octanol–water partition coefficient (Wildman–Crippen LogP) is 3.59. The number of nitrogens with zero attached hydrogens (tertiary/aromatic N) is 2. The van der Waals surface area contributed by atoms with Crippen molar-refractivity contribution in [2.24, 2.45) is 5.73 Å². The first-order valence-electron chi connectivity index (χ1n) is 5.94. The van der Waals surface area contributed by atoms with Gasteiger partial charge in [-0.25, -0.2) is 4.39 Å². The second-order valence-corrected chi connectivity index (χ2v) is 5.03. The molecule has 1 aromatic carbocycles. The zero-order chi connectivity index (χ0) is 14.0. The van der Waals surface area contributed by atoms with Crippen molar-refractivity contribution in [2.75, 3.05) is 0 Å². The van der Waals surface area contributed by atoms with E-state index >= 15 is 0 Å². The third-order valence-electron chi connectivity index (χ3n) is 2.96. The number of hydrogen-bond acceptors (Lipinski definition) is 2. The van der Waals surface area contributed by atoms with E-state index in [1.54, 1.807) is 23.0 Å². The van der Waals surface area contributed by atoms with Crippen LogP contribution in [0.3, 0.4) is 0 Å². The van der Waals surface area contributed by atoms with Crippen LogP contribution in [0.4, 0.5) is 4.39 Å². The van der Waals surface area contributed by atoms with E-state index in [1.165, 1.54) is 6.07 Å². The van der Waals surface area contributed by atoms with Crippen LogP contribution in [0.2, 0.25) is 10.0 Å². The zero-order valence-corrected chi connectivity index (χ0v) is 11.9. The van der Waals surface area contributed by atoms with Crippen LogP contribution in [0.25, 0.3) is 0 Å². The second-order valence-electron chi connectivity index (χ2n) is 4.22. The third-order valence-corrected chi connectivity index (χ3v) is 3.54. The summed E-state index contributed by atoms with van der Waals surface area (Å²) in [5, 5.41) is 4.72. The third kappa shape index (κ3) is 2.91. The van der Waals surface area contributed by atoms with E-state index in [-0.39, 0.29) is 5.02 Å². The van der Waals surface area contributed by atoms with Gasteiger partial charge < -0.3 is 5.73 Å². The van der Waals surface area contributed by atoms with Crippen molar-refractivity contribution in [3.05, 3.63) is 51.5 Å². The predicted molar refractivity (Wildman–Crippen MR) is 75.0 cm³/mol. The van der Waals surface area contributed by atoms with E-state index in [1.807, 2.05) is 6.92 Å². The maximum absolute atomic E-state index is 13.8. The minimum absolute atomic E-state index is 0.0970. The average molecular weight is 302 g/mol. The lowest BCUT2D eigenvalue weighted by Gasteiger charge is -2.15. The Balaban J connectivity index is 2.28. The summed E-state index contributed by atoms with van der Waals surface area (Å²) in [5.74, 6) is -0.432. The van der Waals surface area contributed by atoms with Gasteiger partial charge in [-0.05, 0) is 25.0 Å². The number of aromatic nitrogens is 2. The minimum atomic E-state index is -0.432. The van der Waals surface area contributed by atoms with Gasteiger partial charge in [0.2, 0.25) is 0 Å². The average Bonchev–Trinajstić information content (AvgIpc) is 2.76. The molecule has 0 saturated heterocycles. The number of halogens is 3. The van der Waals surface area contributed by atoms with Crippen molar-refractivity contribution in [1.29, 1.82) is 0 Å². The molecule has 0 aliphatic rings. The Labute approximate surface area is 121 Å². The Bertz CT molecular complexity index is 583. The molecular formula is C13H14Cl2FN3. The maximum atomic E-state index is 13.8. The molecule has 0 spiro atoms. The molecule has 102 valence electrons. The molecule has 6 heteroatoms. The number of hydrogen-bond donors (Lipinski definition) is 1. The topological polar surface area (TPSA) is 43.8 Å². The van der Waals surface area contributed by atoms with Gasteiger partial charge in [0.1, 0.15) is 5.82 Å². The molecule has 0 bridgehead atoms. The Morgan fingerprint density at radius 1 is 1.37 bits per heavy atom. The lowest BCUT2D eigenvalue weighted by molar-refractivity contribution is 0.551. The van der Waals surface area contributed by atoms with Crippen LogP contribution >= 0.6 is 23.2 Å². The molecule has 2 N–H and O–H groups in total. The van der Waals surface area contributed by atoms with E-state index in [0.29, 0.717) is 29.2 Å². The summed E-state index contributed by atoms with van der Waals surface area (Å²) in [5.41, 5.74) is 7.30. The van der Waals surface area contributed by atoms with Crippen molar-refractivity contribution in [1.82, 2.24) is 9.78 Å². The first-order chi connectivity index (χ1) is 9.04. The largest absolute Gasteiger partial charge is 0.322 e. The molecule has 1 atom stereocenters. The molecule has 0 aliphatic heterocycles. The van der Waals surface area contributed by atoms with Crippen LogP contribution < -0.4 is 5.73 Å². The van der Waals surface area contributed by atoms with E-state index in [9.17, 15) is 4.39 Å². The van der Waals surface area contributed by atoms with Gasteiger partial charge in [0, 0.05) is 6.54 Å². The van der Waals surface area contributed by atoms with Gasteiger partial charge >= 0.3 is 0 Å². The van der Waals surface area contributed by atoms with Crippen LogP contribution in [0.1, 0.15) is 24.2 Å². The summed E-state index contributed by atoms with van der Waals surface area (Å²) in [4.78, 5) is 0. The van der Waals surface area contributed by atoms with Crippen molar-refractivity contribution >= 4 is 23.2 Å². The van der Waals surface area contributed by atoms with Gasteiger partial charge in [0.25, 0.3) is 0 Å². The molecule has 0 radical (unpaired) electrons. The quantitative estimate of drug-likeness (QED) is 0.938. The molecule has 0 fully saturated rings. The van der Waals surface area contributed by atoms with Gasteiger partial charge in [-0.3, -0.25) is 4.68 Å². The van der Waals surface area contributed by atoms with Crippen LogP contribution in [0.5, 0.6) is 0 Å². The summed E-state index contributed by atoms with van der Waals surface area (Å²) in [6, 6.07) is 4.45. The fraction of sp³-hybridized carbons (Fsp3) is 0.308. The maximum Gasteiger partial charge on any atom is 0.145 e. The smallest absolute Gasteiger partial charge is 0.145 e. The van der Waals surface area contributed by atoms with Gasteiger partial charge in [0.15, 0.2) is 0 Å². The Morgan fingerprint density at radius 2 is 2.11 bits per heavy atom. The summed E-state index contributed by atoms with van der Waals surface area (Å²) in [6.45, 7) is 2.60. The fourth-order valence-corrected chi connectivity index (χ4v) is 2.51. The summed E-state index contributed by atoms with van der Waals surface area (Å²) in [7, 11) is 0.